The number of Topliss-reactive ketones (excluding diaryl/α,β-unsaturated/α-hetero) is 1. The molecule has 0 amide bonds. The van der Waals surface area contributed by atoms with E-state index < -0.39 is 7.60 Å². The van der Waals surface area contributed by atoms with Gasteiger partial charge in [0.15, 0.2) is 5.78 Å². The molecule has 0 radical (unpaired) electrons. The van der Waals surface area contributed by atoms with Crippen molar-refractivity contribution in [2.45, 2.75) is 47.5 Å². The summed E-state index contributed by atoms with van der Waals surface area (Å²) in [7, 11) is -3.09. The van der Waals surface area contributed by atoms with Crippen LogP contribution in [0.1, 0.15) is 47.5 Å². The summed E-state index contributed by atoms with van der Waals surface area (Å²) in [5.41, 5.74) is 0.717. The van der Waals surface area contributed by atoms with Crippen LogP contribution in [-0.2, 0) is 18.4 Å². The van der Waals surface area contributed by atoms with Gasteiger partial charge < -0.3 is 9.05 Å². The van der Waals surface area contributed by atoms with Gasteiger partial charge in [-0.3, -0.25) is 9.36 Å². The van der Waals surface area contributed by atoms with Crippen molar-refractivity contribution in [3.05, 3.63) is 11.6 Å². The maximum atomic E-state index is 12.3. The number of carbonyl (C=O) groups excluding carboxylic acids is 1. The van der Waals surface area contributed by atoms with E-state index in [2.05, 4.69) is 0 Å². The first kappa shape index (κ1) is 18.6. The molecule has 0 aromatic carbocycles. The monoisotopic (exact) mass is 290 g/mol. The van der Waals surface area contributed by atoms with E-state index >= 15 is 0 Å². The normalized spacial score (nSPS) is 14.5. The van der Waals surface area contributed by atoms with Crippen LogP contribution in [0.25, 0.3) is 0 Å². The van der Waals surface area contributed by atoms with Gasteiger partial charge in [-0.15, -0.1) is 0 Å². The van der Waals surface area contributed by atoms with Gasteiger partial charge in [-0.05, 0) is 32.3 Å². The van der Waals surface area contributed by atoms with Gasteiger partial charge in [0.25, 0.3) is 0 Å². The van der Waals surface area contributed by atoms with Crippen LogP contribution in [0.5, 0.6) is 0 Å². The van der Waals surface area contributed by atoms with Gasteiger partial charge in [0.1, 0.15) is 0 Å². The summed E-state index contributed by atoms with van der Waals surface area (Å²) in [6, 6.07) is 0. The molecule has 0 heterocycles. The number of hydrogen-bond donors (Lipinski definition) is 0. The van der Waals surface area contributed by atoms with Crippen molar-refractivity contribution in [3.63, 3.8) is 0 Å². The second-order valence-corrected chi connectivity index (χ2v) is 6.49. The van der Waals surface area contributed by atoms with E-state index in [1.807, 2.05) is 20.8 Å². The van der Waals surface area contributed by atoms with E-state index in [0.29, 0.717) is 25.2 Å². The van der Waals surface area contributed by atoms with Crippen LogP contribution >= 0.6 is 7.60 Å². The Morgan fingerprint density at radius 1 is 1.16 bits per heavy atom. The predicted octanol–water partition coefficient (Wildman–Crippen LogP) is 4.20. The SMILES string of the molecule is CCOP(=O)(C/C=C(\CC)C(=O)C(C)CC)OCC. The van der Waals surface area contributed by atoms with Crippen LogP contribution in [0, 0.1) is 5.92 Å². The molecule has 4 nitrogen and oxygen atoms in total. The molecule has 5 heteroatoms. The summed E-state index contributed by atoms with van der Waals surface area (Å²) < 4.78 is 22.7. The van der Waals surface area contributed by atoms with Crippen molar-refractivity contribution in [2.75, 3.05) is 19.4 Å². The maximum absolute atomic E-state index is 12.3. The Bertz CT molecular complexity index is 339. The molecule has 0 aromatic rings. The van der Waals surface area contributed by atoms with E-state index in [9.17, 15) is 9.36 Å². The van der Waals surface area contributed by atoms with Crippen LogP contribution in [0.4, 0.5) is 0 Å². The Morgan fingerprint density at radius 3 is 2.05 bits per heavy atom. The lowest BCUT2D eigenvalue weighted by Gasteiger charge is -2.16. The molecule has 0 aliphatic carbocycles. The van der Waals surface area contributed by atoms with Gasteiger partial charge in [0, 0.05) is 5.92 Å². The molecule has 0 spiro atoms. The van der Waals surface area contributed by atoms with Crippen LogP contribution in [0.15, 0.2) is 11.6 Å². The zero-order valence-electron chi connectivity index (χ0n) is 12.8. The minimum Gasteiger partial charge on any atom is -0.309 e. The molecule has 112 valence electrons. The molecule has 1 atom stereocenters. The third-order valence-electron chi connectivity index (χ3n) is 2.97. The maximum Gasteiger partial charge on any atom is 0.334 e. The molecule has 0 saturated heterocycles. The minimum absolute atomic E-state index is 0.00442. The predicted molar refractivity (Wildman–Crippen MR) is 78.6 cm³/mol. The van der Waals surface area contributed by atoms with Crippen molar-refractivity contribution >= 4 is 13.4 Å². The number of hydrogen-bond acceptors (Lipinski definition) is 4. The molecule has 0 fully saturated rings. The van der Waals surface area contributed by atoms with E-state index in [1.165, 1.54) is 0 Å². The van der Waals surface area contributed by atoms with Crippen LogP contribution in [0.3, 0.4) is 0 Å². The molecule has 0 N–H and O–H groups in total. The Labute approximate surface area is 117 Å². The summed E-state index contributed by atoms with van der Waals surface area (Å²) in [5, 5.41) is 0. The number of ketones is 1. The standard InChI is InChI=1S/C14H27O4P/c1-6-12(5)14(15)13(7-2)10-11-19(16,17-8-3)18-9-4/h10,12H,6-9,11H2,1-5H3/b13-10+. The first-order chi connectivity index (χ1) is 8.94. The van der Waals surface area contributed by atoms with Crippen LogP contribution < -0.4 is 0 Å². The minimum atomic E-state index is -3.09. The molecule has 1 unspecified atom stereocenters. The lowest BCUT2D eigenvalue weighted by atomic mass is 9.95. The smallest absolute Gasteiger partial charge is 0.309 e. The molecule has 0 aromatic heterocycles. The molecule has 0 aliphatic rings. The van der Waals surface area contributed by atoms with Gasteiger partial charge in [-0.2, -0.15) is 0 Å². The summed E-state index contributed by atoms with van der Waals surface area (Å²) in [6.07, 6.45) is 3.34. The summed E-state index contributed by atoms with van der Waals surface area (Å²) in [5.74, 6) is 0.134. The lowest BCUT2D eigenvalue weighted by Crippen LogP contribution is -2.13. The Balaban J connectivity index is 4.87. The molecule has 0 rings (SSSR count). The molecule has 0 bridgehead atoms. The third kappa shape index (κ3) is 6.51. The van der Waals surface area contributed by atoms with Crippen molar-refractivity contribution in [1.29, 1.82) is 0 Å². The largest absolute Gasteiger partial charge is 0.334 e. The highest BCUT2D eigenvalue weighted by Gasteiger charge is 2.23. The highest BCUT2D eigenvalue weighted by atomic mass is 31.2. The van der Waals surface area contributed by atoms with Gasteiger partial charge in [-0.1, -0.05) is 26.8 Å². The Kier molecular flexibility index (Phi) is 9.24. The summed E-state index contributed by atoms with van der Waals surface area (Å²) in [6.45, 7) is 10.1. The topological polar surface area (TPSA) is 52.6 Å². The molecule has 19 heavy (non-hydrogen) atoms. The zero-order valence-corrected chi connectivity index (χ0v) is 13.7. The van der Waals surface area contributed by atoms with Crippen LogP contribution in [0.2, 0.25) is 0 Å². The molecule has 0 saturated carbocycles. The molecular formula is C14H27O4P. The number of allylic oxidation sites excluding steroid dienone is 2. The van der Waals surface area contributed by atoms with E-state index in [1.54, 1.807) is 19.9 Å². The lowest BCUT2D eigenvalue weighted by molar-refractivity contribution is -0.118. The molecule has 0 aliphatic heterocycles. The quantitative estimate of drug-likeness (QED) is 0.447. The summed E-state index contributed by atoms with van der Waals surface area (Å²) in [4.78, 5) is 12.1. The second kappa shape index (κ2) is 9.46. The van der Waals surface area contributed by atoms with Gasteiger partial charge in [0.05, 0.1) is 19.4 Å². The van der Waals surface area contributed by atoms with Crippen molar-refractivity contribution in [1.82, 2.24) is 0 Å². The average Bonchev–Trinajstić information content (AvgIpc) is 2.38. The molecular weight excluding hydrogens is 263 g/mol. The van der Waals surface area contributed by atoms with Crippen molar-refractivity contribution in [2.24, 2.45) is 5.92 Å². The van der Waals surface area contributed by atoms with Crippen LogP contribution in [-0.4, -0.2) is 25.2 Å². The number of rotatable bonds is 10. The van der Waals surface area contributed by atoms with Gasteiger partial charge >= 0.3 is 7.60 Å². The first-order valence-electron chi connectivity index (χ1n) is 7.05. The Hall–Kier alpha value is -0.440. The van der Waals surface area contributed by atoms with Crippen molar-refractivity contribution in [3.8, 4) is 0 Å². The Morgan fingerprint density at radius 2 is 1.68 bits per heavy atom. The second-order valence-electron chi connectivity index (χ2n) is 4.39. The van der Waals surface area contributed by atoms with E-state index in [4.69, 9.17) is 9.05 Å². The highest BCUT2D eigenvalue weighted by Crippen LogP contribution is 2.48. The summed E-state index contributed by atoms with van der Waals surface area (Å²) >= 11 is 0. The van der Waals surface area contributed by atoms with E-state index in [0.717, 1.165) is 6.42 Å². The first-order valence-corrected chi connectivity index (χ1v) is 8.78. The fourth-order valence-electron chi connectivity index (χ4n) is 1.68. The van der Waals surface area contributed by atoms with Gasteiger partial charge in [-0.25, -0.2) is 0 Å². The zero-order chi connectivity index (χ0) is 14.9. The van der Waals surface area contributed by atoms with Crippen molar-refractivity contribution < 1.29 is 18.4 Å². The third-order valence-corrected chi connectivity index (χ3v) is 4.90. The van der Waals surface area contributed by atoms with Gasteiger partial charge in [0.2, 0.25) is 0 Å². The fraction of sp³-hybridized carbons (Fsp3) is 0.786. The highest BCUT2D eigenvalue weighted by molar-refractivity contribution is 7.54. The van der Waals surface area contributed by atoms with E-state index in [-0.39, 0.29) is 17.9 Å². The number of carbonyl (C=O) groups is 1. The average molecular weight is 290 g/mol. The fourth-order valence-corrected chi connectivity index (χ4v) is 3.20.